The summed E-state index contributed by atoms with van der Waals surface area (Å²) in [4.78, 5) is 53.5. The summed E-state index contributed by atoms with van der Waals surface area (Å²) in [5.74, 6) is 4.87. The molecule has 0 unspecified atom stereocenters. The number of carboxylic acid groups (broad SMARTS) is 1. The Morgan fingerprint density at radius 3 is 2.65 bits per heavy atom. The lowest BCUT2D eigenvalue weighted by Gasteiger charge is -2.28. The molecule has 10 nitrogen and oxygen atoms in total. The molecule has 4 rings (SSSR count). The van der Waals surface area contributed by atoms with Crippen LogP contribution >= 0.6 is 0 Å². The molecule has 2 atom stereocenters. The summed E-state index contributed by atoms with van der Waals surface area (Å²) < 4.78 is 0. The van der Waals surface area contributed by atoms with E-state index in [4.69, 9.17) is 0 Å². The van der Waals surface area contributed by atoms with E-state index in [0.29, 0.717) is 36.3 Å². The van der Waals surface area contributed by atoms with Gasteiger partial charge in [-0.2, -0.15) is 0 Å². The fraction of sp³-hybridized carbons (Fsp3) is 0.259. The molecule has 3 aromatic rings. The van der Waals surface area contributed by atoms with Gasteiger partial charge in [-0.25, -0.2) is 4.79 Å². The highest BCUT2D eigenvalue weighted by Crippen LogP contribution is 2.26. The zero-order valence-corrected chi connectivity index (χ0v) is 20.2. The summed E-state index contributed by atoms with van der Waals surface area (Å²) in [7, 11) is 0. The van der Waals surface area contributed by atoms with Gasteiger partial charge in [-0.1, -0.05) is 36.3 Å². The maximum Gasteiger partial charge on any atom is 0.405 e. The highest BCUT2D eigenvalue weighted by atomic mass is 16.4. The van der Waals surface area contributed by atoms with Crippen LogP contribution in [0.5, 0.6) is 0 Å². The lowest BCUT2D eigenvalue weighted by molar-refractivity contribution is -0.138. The Morgan fingerprint density at radius 2 is 1.92 bits per heavy atom. The largest absolute Gasteiger partial charge is 0.465 e. The second-order valence-electron chi connectivity index (χ2n) is 8.67. The van der Waals surface area contributed by atoms with Gasteiger partial charge in [0.2, 0.25) is 11.8 Å². The summed E-state index contributed by atoms with van der Waals surface area (Å²) in [5.41, 5.74) is 2.59. The monoisotopic (exact) mass is 501 g/mol. The molecular formula is C27H27N5O5. The van der Waals surface area contributed by atoms with E-state index in [0.717, 1.165) is 10.9 Å². The molecule has 2 aromatic carbocycles. The topological polar surface area (TPSA) is 144 Å². The van der Waals surface area contributed by atoms with Crippen molar-refractivity contribution in [2.75, 3.05) is 18.4 Å². The molecule has 1 fully saturated rings. The van der Waals surface area contributed by atoms with Gasteiger partial charge in [0.05, 0.1) is 12.2 Å². The zero-order valence-electron chi connectivity index (χ0n) is 20.2. The van der Waals surface area contributed by atoms with Gasteiger partial charge in [0.1, 0.15) is 12.1 Å². The van der Waals surface area contributed by atoms with Crippen LogP contribution in [-0.2, 0) is 14.4 Å². The number of nitrogens with zero attached hydrogens (tertiary/aromatic N) is 1. The first kappa shape index (κ1) is 25.3. The third-order valence-corrected chi connectivity index (χ3v) is 6.02. The Hall–Kier alpha value is -4.78. The van der Waals surface area contributed by atoms with Crippen molar-refractivity contribution in [2.45, 2.75) is 31.8 Å². The van der Waals surface area contributed by atoms with Crippen LogP contribution in [0.1, 0.15) is 37.1 Å². The number of hydrogen-bond donors (Lipinski definition) is 5. The fourth-order valence-electron chi connectivity index (χ4n) is 4.34. The summed E-state index contributed by atoms with van der Waals surface area (Å²) in [6.45, 7) is 2.03. The lowest BCUT2D eigenvalue weighted by Crippen LogP contribution is -2.48. The summed E-state index contributed by atoms with van der Waals surface area (Å²) >= 11 is 0. The molecule has 190 valence electrons. The Bertz CT molecular complexity index is 1390. The first-order valence-electron chi connectivity index (χ1n) is 11.8. The van der Waals surface area contributed by atoms with Crippen molar-refractivity contribution in [3.63, 3.8) is 0 Å². The van der Waals surface area contributed by atoms with E-state index in [-0.39, 0.29) is 18.4 Å². The zero-order chi connectivity index (χ0) is 26.4. The smallest absolute Gasteiger partial charge is 0.405 e. The van der Waals surface area contributed by atoms with Gasteiger partial charge >= 0.3 is 6.09 Å². The van der Waals surface area contributed by atoms with Gasteiger partial charge in [-0.05, 0) is 48.6 Å². The van der Waals surface area contributed by atoms with Gasteiger partial charge in [0.15, 0.2) is 0 Å². The number of nitrogens with one attached hydrogen (secondary N) is 4. The molecule has 0 aliphatic carbocycles. The van der Waals surface area contributed by atoms with Crippen LogP contribution in [-0.4, -0.2) is 57.9 Å². The van der Waals surface area contributed by atoms with E-state index in [1.54, 1.807) is 36.4 Å². The first-order valence-corrected chi connectivity index (χ1v) is 11.8. The molecule has 1 saturated heterocycles. The third kappa shape index (κ3) is 6.27. The van der Waals surface area contributed by atoms with Crippen LogP contribution in [0.4, 0.5) is 10.5 Å². The number of aromatic nitrogens is 1. The third-order valence-electron chi connectivity index (χ3n) is 6.02. The lowest BCUT2D eigenvalue weighted by atomic mass is 10.0. The number of hydrogen-bond acceptors (Lipinski definition) is 4. The molecule has 0 saturated carbocycles. The van der Waals surface area contributed by atoms with Gasteiger partial charge < -0.3 is 30.9 Å². The number of likely N-dealkylation sites (tertiary alicyclic amines) is 1. The van der Waals surface area contributed by atoms with Crippen LogP contribution in [0.15, 0.2) is 54.6 Å². The number of rotatable bonds is 6. The van der Waals surface area contributed by atoms with Crippen molar-refractivity contribution < 1.29 is 24.3 Å². The standard InChI is InChI=1S/C27H27N5O5/c1-17(33)28-13-5-9-20-15-19-16-21(11-12-22(19)29-20)30-25(34)23-10-6-14-32(23)26(35)24(31-27(36)37)18-7-3-2-4-8-18/h2-4,7-8,11-12,15-16,23-24,29,31H,6,10,13-14H2,1H3,(H,28,33)(H,30,34)(H,36,37)/t23-,24+/m0/s1. The number of fused-ring (bicyclic) bond motifs is 1. The molecule has 0 radical (unpaired) electrons. The van der Waals surface area contributed by atoms with E-state index < -0.39 is 24.1 Å². The highest BCUT2D eigenvalue weighted by molar-refractivity contribution is 6.00. The average molecular weight is 502 g/mol. The Kier molecular flexibility index (Phi) is 7.74. The van der Waals surface area contributed by atoms with Crippen molar-refractivity contribution in [3.05, 3.63) is 65.9 Å². The van der Waals surface area contributed by atoms with Crippen molar-refractivity contribution in [1.29, 1.82) is 0 Å². The second-order valence-corrected chi connectivity index (χ2v) is 8.67. The van der Waals surface area contributed by atoms with E-state index in [1.807, 2.05) is 18.2 Å². The summed E-state index contributed by atoms with van der Waals surface area (Å²) in [6.07, 6.45) is -0.205. The van der Waals surface area contributed by atoms with Gasteiger partial charge in [-0.3, -0.25) is 14.4 Å². The summed E-state index contributed by atoms with van der Waals surface area (Å²) in [6, 6.07) is 14.0. The molecular weight excluding hydrogens is 474 g/mol. The van der Waals surface area contributed by atoms with Gasteiger partial charge in [0.25, 0.3) is 5.91 Å². The normalized spacial score (nSPS) is 15.4. The number of anilines is 1. The molecule has 37 heavy (non-hydrogen) atoms. The van der Waals surface area contributed by atoms with Crippen molar-refractivity contribution in [2.24, 2.45) is 0 Å². The number of carbonyl (C=O) groups is 4. The van der Waals surface area contributed by atoms with E-state index >= 15 is 0 Å². The molecule has 5 N–H and O–H groups in total. The quantitative estimate of drug-likeness (QED) is 0.330. The molecule has 2 heterocycles. The molecule has 0 spiro atoms. The predicted octanol–water partition coefficient (Wildman–Crippen LogP) is 2.59. The molecule has 0 bridgehead atoms. The molecule has 1 aliphatic rings. The van der Waals surface area contributed by atoms with Crippen LogP contribution in [0.2, 0.25) is 0 Å². The first-order chi connectivity index (χ1) is 17.8. The minimum Gasteiger partial charge on any atom is -0.465 e. The predicted molar refractivity (Wildman–Crippen MR) is 138 cm³/mol. The second kappa shape index (κ2) is 11.3. The molecule has 1 aliphatic heterocycles. The van der Waals surface area contributed by atoms with Crippen molar-refractivity contribution in [3.8, 4) is 11.8 Å². The Labute approximate surface area is 213 Å². The minimum absolute atomic E-state index is 0.150. The van der Waals surface area contributed by atoms with Crippen molar-refractivity contribution in [1.82, 2.24) is 20.5 Å². The fourth-order valence-corrected chi connectivity index (χ4v) is 4.34. The number of amides is 4. The van der Waals surface area contributed by atoms with Crippen LogP contribution in [0.25, 0.3) is 10.9 Å². The Balaban J connectivity index is 1.47. The Morgan fingerprint density at radius 1 is 1.14 bits per heavy atom. The number of aromatic amines is 1. The molecule has 1 aromatic heterocycles. The minimum atomic E-state index is -1.32. The number of H-pyrrole nitrogens is 1. The van der Waals surface area contributed by atoms with Crippen LogP contribution < -0.4 is 16.0 Å². The van der Waals surface area contributed by atoms with Crippen LogP contribution in [0, 0.1) is 11.8 Å². The molecule has 10 heteroatoms. The van der Waals surface area contributed by atoms with E-state index in [9.17, 15) is 24.3 Å². The van der Waals surface area contributed by atoms with Crippen LogP contribution in [0.3, 0.4) is 0 Å². The van der Waals surface area contributed by atoms with Gasteiger partial charge in [0, 0.05) is 30.1 Å². The average Bonchev–Trinajstić information content (AvgIpc) is 3.52. The van der Waals surface area contributed by atoms with Crippen molar-refractivity contribution >= 4 is 40.4 Å². The highest BCUT2D eigenvalue weighted by Gasteiger charge is 2.38. The number of carbonyl (C=O) groups excluding carboxylic acids is 3. The number of benzene rings is 2. The van der Waals surface area contributed by atoms with E-state index in [2.05, 4.69) is 32.8 Å². The van der Waals surface area contributed by atoms with Gasteiger partial charge in [-0.15, -0.1) is 0 Å². The maximum atomic E-state index is 13.4. The van der Waals surface area contributed by atoms with E-state index in [1.165, 1.54) is 11.8 Å². The SMILES string of the molecule is CC(=O)NCC#Cc1cc2cc(NC(=O)[C@@H]3CCCN3C(=O)[C@H](NC(=O)O)c3ccccc3)ccc2[nH]1. The maximum absolute atomic E-state index is 13.4. The molecule has 4 amide bonds. The summed E-state index contributed by atoms with van der Waals surface area (Å²) in [5, 5.41) is 17.9.